The number of benzene rings is 1. The van der Waals surface area contributed by atoms with Gasteiger partial charge in [-0.2, -0.15) is 0 Å². The van der Waals surface area contributed by atoms with Crippen LogP contribution in [0.5, 0.6) is 0 Å². The first-order valence-electron chi connectivity index (χ1n) is 5.78. The van der Waals surface area contributed by atoms with Gasteiger partial charge in [0.15, 0.2) is 0 Å². The van der Waals surface area contributed by atoms with E-state index in [9.17, 15) is 4.79 Å². The number of thioether (sulfide) groups is 1. The van der Waals surface area contributed by atoms with Gasteiger partial charge in [-0.15, -0.1) is 0 Å². The summed E-state index contributed by atoms with van der Waals surface area (Å²) in [4.78, 5) is 11.9. The Morgan fingerprint density at radius 3 is 2.78 bits per heavy atom. The molecule has 0 heterocycles. The van der Waals surface area contributed by atoms with E-state index in [2.05, 4.69) is 6.92 Å². The molecule has 0 aliphatic heterocycles. The van der Waals surface area contributed by atoms with Crippen LogP contribution in [-0.4, -0.2) is 23.6 Å². The Morgan fingerprint density at radius 2 is 2.17 bits per heavy atom. The molecule has 0 radical (unpaired) electrons. The zero-order valence-electron chi connectivity index (χ0n) is 10.4. The van der Waals surface area contributed by atoms with Crippen molar-refractivity contribution in [3.05, 3.63) is 33.8 Å². The fraction of sp³-hybridized carbons (Fsp3) is 0.462. The minimum Gasteiger partial charge on any atom is -0.378 e. The summed E-state index contributed by atoms with van der Waals surface area (Å²) in [6.07, 6.45) is 1.21. The second kappa shape index (κ2) is 8.05. The van der Waals surface area contributed by atoms with E-state index < -0.39 is 0 Å². The standard InChI is InChI=1S/C13H16Cl2O2S/c1-3-9(2)17-6-7-18-13(16)11-5-4-10(14)8-12(11)15/h4-5,8-9H,3,6-7H2,1-2H3. The van der Waals surface area contributed by atoms with Crippen molar-refractivity contribution in [2.75, 3.05) is 12.4 Å². The SMILES string of the molecule is CCC(C)OCCSC(=O)c1ccc(Cl)cc1Cl. The average molecular weight is 307 g/mol. The monoisotopic (exact) mass is 306 g/mol. The van der Waals surface area contributed by atoms with E-state index in [1.54, 1.807) is 18.2 Å². The largest absolute Gasteiger partial charge is 0.378 e. The van der Waals surface area contributed by atoms with Crippen LogP contribution in [0.25, 0.3) is 0 Å². The van der Waals surface area contributed by atoms with Crippen molar-refractivity contribution >= 4 is 40.1 Å². The summed E-state index contributed by atoms with van der Waals surface area (Å²) < 4.78 is 5.50. The zero-order valence-corrected chi connectivity index (χ0v) is 12.7. The molecule has 2 nitrogen and oxygen atoms in total. The summed E-state index contributed by atoms with van der Waals surface area (Å²) in [5.41, 5.74) is 0.495. The molecule has 0 aromatic heterocycles. The maximum Gasteiger partial charge on any atom is 0.220 e. The number of halogens is 2. The van der Waals surface area contributed by atoms with Crippen LogP contribution in [0.3, 0.4) is 0 Å². The van der Waals surface area contributed by atoms with Crippen molar-refractivity contribution in [2.45, 2.75) is 26.4 Å². The number of hydrogen-bond acceptors (Lipinski definition) is 3. The van der Waals surface area contributed by atoms with Crippen LogP contribution in [-0.2, 0) is 4.74 Å². The summed E-state index contributed by atoms with van der Waals surface area (Å²) in [6, 6.07) is 4.89. The highest BCUT2D eigenvalue weighted by atomic mass is 35.5. The first-order chi connectivity index (χ1) is 8.54. The maximum atomic E-state index is 11.9. The second-order valence-electron chi connectivity index (χ2n) is 3.85. The fourth-order valence-electron chi connectivity index (χ4n) is 1.23. The highest BCUT2D eigenvalue weighted by molar-refractivity contribution is 8.14. The average Bonchev–Trinajstić information content (AvgIpc) is 2.34. The molecular formula is C13H16Cl2O2S. The first kappa shape index (κ1) is 15.8. The van der Waals surface area contributed by atoms with Crippen molar-refractivity contribution < 1.29 is 9.53 Å². The molecule has 0 saturated carbocycles. The lowest BCUT2D eigenvalue weighted by molar-refractivity contribution is 0.0757. The van der Waals surface area contributed by atoms with Gasteiger partial charge >= 0.3 is 0 Å². The number of carbonyl (C=O) groups is 1. The molecule has 1 unspecified atom stereocenters. The third-order valence-electron chi connectivity index (χ3n) is 2.44. The van der Waals surface area contributed by atoms with Crippen molar-refractivity contribution in [2.24, 2.45) is 0 Å². The van der Waals surface area contributed by atoms with E-state index in [1.165, 1.54) is 11.8 Å². The van der Waals surface area contributed by atoms with Crippen molar-refractivity contribution in [3.8, 4) is 0 Å². The molecule has 1 atom stereocenters. The molecule has 1 rings (SSSR count). The molecule has 100 valence electrons. The van der Waals surface area contributed by atoms with Crippen molar-refractivity contribution in [3.63, 3.8) is 0 Å². The third-order valence-corrected chi connectivity index (χ3v) is 3.85. The Kier molecular flexibility index (Phi) is 7.08. The van der Waals surface area contributed by atoms with Crippen molar-refractivity contribution in [1.82, 2.24) is 0 Å². The Morgan fingerprint density at radius 1 is 1.44 bits per heavy atom. The highest BCUT2D eigenvalue weighted by Gasteiger charge is 2.11. The topological polar surface area (TPSA) is 26.3 Å². The Bertz CT molecular complexity index is 410. The number of rotatable bonds is 6. The van der Waals surface area contributed by atoms with Crippen LogP contribution < -0.4 is 0 Å². The quantitative estimate of drug-likeness (QED) is 0.714. The van der Waals surface area contributed by atoms with Gasteiger partial charge in [0.25, 0.3) is 0 Å². The third kappa shape index (κ3) is 5.19. The van der Waals surface area contributed by atoms with Crippen LogP contribution in [0, 0.1) is 0 Å². The molecular weight excluding hydrogens is 291 g/mol. The summed E-state index contributed by atoms with van der Waals surface area (Å²) >= 11 is 12.9. The van der Waals surface area contributed by atoms with E-state index in [1.807, 2.05) is 6.92 Å². The van der Waals surface area contributed by atoms with Gasteiger partial charge in [0.1, 0.15) is 0 Å². The smallest absolute Gasteiger partial charge is 0.220 e. The Balaban J connectivity index is 2.41. The summed E-state index contributed by atoms with van der Waals surface area (Å²) in [7, 11) is 0. The molecule has 5 heteroatoms. The molecule has 0 aliphatic rings. The molecule has 0 aliphatic carbocycles. The van der Waals surface area contributed by atoms with Crippen molar-refractivity contribution in [1.29, 1.82) is 0 Å². The fourth-order valence-corrected chi connectivity index (χ4v) is 2.48. The minimum absolute atomic E-state index is 0.0515. The first-order valence-corrected chi connectivity index (χ1v) is 7.52. The zero-order chi connectivity index (χ0) is 13.5. The van der Waals surface area contributed by atoms with E-state index in [4.69, 9.17) is 27.9 Å². The van der Waals surface area contributed by atoms with E-state index in [0.29, 0.717) is 28.0 Å². The van der Waals surface area contributed by atoms with E-state index in [-0.39, 0.29) is 11.2 Å². The van der Waals surface area contributed by atoms with Crippen LogP contribution in [0.2, 0.25) is 10.0 Å². The molecule has 0 amide bonds. The molecule has 18 heavy (non-hydrogen) atoms. The van der Waals surface area contributed by atoms with Gasteiger partial charge in [-0.3, -0.25) is 4.79 Å². The normalized spacial score (nSPS) is 12.4. The minimum atomic E-state index is -0.0515. The second-order valence-corrected chi connectivity index (χ2v) is 5.76. The number of ether oxygens (including phenoxy) is 1. The van der Waals surface area contributed by atoms with Crippen LogP contribution in [0.15, 0.2) is 18.2 Å². The van der Waals surface area contributed by atoms with Gasteiger partial charge in [0.2, 0.25) is 5.12 Å². The molecule has 0 bridgehead atoms. The molecule has 0 spiro atoms. The van der Waals surface area contributed by atoms with Crippen LogP contribution in [0.4, 0.5) is 0 Å². The predicted molar refractivity (Wildman–Crippen MR) is 79.0 cm³/mol. The van der Waals surface area contributed by atoms with Crippen LogP contribution >= 0.6 is 35.0 Å². The van der Waals surface area contributed by atoms with E-state index in [0.717, 1.165) is 6.42 Å². The van der Waals surface area contributed by atoms with Gasteiger partial charge in [-0.1, -0.05) is 41.9 Å². The van der Waals surface area contributed by atoms with E-state index >= 15 is 0 Å². The van der Waals surface area contributed by atoms with Gasteiger partial charge in [-0.05, 0) is 31.5 Å². The van der Waals surface area contributed by atoms with Gasteiger partial charge < -0.3 is 4.74 Å². The van der Waals surface area contributed by atoms with Crippen LogP contribution in [0.1, 0.15) is 30.6 Å². The summed E-state index contributed by atoms with van der Waals surface area (Å²) in [5.74, 6) is 0.627. The predicted octanol–water partition coefficient (Wildman–Crippen LogP) is 4.68. The molecule has 1 aromatic rings. The Hall–Kier alpha value is -0.220. The molecule has 1 aromatic carbocycles. The summed E-state index contributed by atoms with van der Waals surface area (Å²) in [5, 5.41) is 0.869. The lowest BCUT2D eigenvalue weighted by atomic mass is 10.2. The number of carbonyl (C=O) groups excluding carboxylic acids is 1. The van der Waals surface area contributed by atoms with Gasteiger partial charge in [0, 0.05) is 16.3 Å². The molecule has 0 fully saturated rings. The Labute approximate surface area is 122 Å². The van der Waals surface area contributed by atoms with Gasteiger partial charge in [0.05, 0.1) is 17.7 Å². The number of hydrogen-bond donors (Lipinski definition) is 0. The lowest BCUT2D eigenvalue weighted by Gasteiger charge is -2.09. The molecule has 0 saturated heterocycles. The lowest BCUT2D eigenvalue weighted by Crippen LogP contribution is -2.09. The molecule has 0 N–H and O–H groups in total. The van der Waals surface area contributed by atoms with Gasteiger partial charge in [-0.25, -0.2) is 0 Å². The highest BCUT2D eigenvalue weighted by Crippen LogP contribution is 2.24. The maximum absolute atomic E-state index is 11.9. The summed E-state index contributed by atoms with van der Waals surface area (Å²) in [6.45, 7) is 4.65.